The molecule has 0 aromatic heterocycles. The zero-order valence-electron chi connectivity index (χ0n) is 11.9. The van der Waals surface area contributed by atoms with Crippen LogP contribution in [0.1, 0.15) is 6.42 Å². The molecule has 1 aliphatic heterocycles. The number of ether oxygens (including phenoxy) is 3. The van der Waals surface area contributed by atoms with E-state index in [1.807, 2.05) is 0 Å². The average molecular weight is 352 g/mol. The third-order valence-electron chi connectivity index (χ3n) is 2.79. The summed E-state index contributed by atoms with van der Waals surface area (Å²) in [6.45, 7) is 0.298. The van der Waals surface area contributed by atoms with Gasteiger partial charge in [-0.05, 0) is 0 Å². The number of rotatable bonds is 8. The third-order valence-corrected chi connectivity index (χ3v) is 3.53. The molecule has 0 spiro atoms. The summed E-state index contributed by atoms with van der Waals surface area (Å²) in [5.74, 6) is -1.06. The van der Waals surface area contributed by atoms with Crippen LogP contribution < -0.4 is 29.6 Å². The molecule has 0 aliphatic carbocycles. The van der Waals surface area contributed by atoms with Gasteiger partial charge in [-0.25, -0.2) is 8.42 Å². The summed E-state index contributed by atoms with van der Waals surface area (Å²) in [4.78, 5) is 9.90. The second-order valence-electron chi connectivity index (χ2n) is 4.43. The van der Waals surface area contributed by atoms with Crippen molar-refractivity contribution in [3.8, 4) is 0 Å². The Morgan fingerprint density at radius 1 is 1.14 bits per heavy atom. The number of carbonyl (C=O) groups is 1. The van der Waals surface area contributed by atoms with Crippen LogP contribution in [0.3, 0.4) is 0 Å². The van der Waals surface area contributed by atoms with Crippen molar-refractivity contribution in [1.82, 2.24) is 0 Å². The van der Waals surface area contributed by atoms with Gasteiger partial charge in [0.05, 0.1) is 29.1 Å². The van der Waals surface area contributed by atoms with Crippen molar-refractivity contribution < 1.29 is 76.9 Å². The number of hydrogen-bond acceptors (Lipinski definition) is 10. The zero-order valence-corrected chi connectivity index (χ0v) is 14.7. The van der Waals surface area contributed by atoms with Gasteiger partial charge < -0.3 is 34.1 Å². The summed E-state index contributed by atoms with van der Waals surface area (Å²) in [5, 5.41) is 28.8. The van der Waals surface area contributed by atoms with Crippen molar-refractivity contribution in [3.05, 3.63) is 0 Å². The first-order valence-electron chi connectivity index (χ1n) is 6.06. The Balaban J connectivity index is 0.00000441. The summed E-state index contributed by atoms with van der Waals surface area (Å²) in [6, 6.07) is 0. The van der Waals surface area contributed by atoms with Gasteiger partial charge in [-0.3, -0.25) is 4.79 Å². The van der Waals surface area contributed by atoms with E-state index in [0.29, 0.717) is 0 Å². The SMILES string of the molecule is O=COCCCO[C@H]1O[C@H](CS(=O)(=O)[O-])[C@@H](O)[C@H](O)[C@H]1O.[Na+]. The van der Waals surface area contributed by atoms with Gasteiger partial charge in [0.15, 0.2) is 6.29 Å². The van der Waals surface area contributed by atoms with Crippen molar-refractivity contribution >= 4 is 16.6 Å². The van der Waals surface area contributed by atoms with E-state index in [1.165, 1.54) is 0 Å². The van der Waals surface area contributed by atoms with E-state index in [1.54, 1.807) is 0 Å². The smallest absolute Gasteiger partial charge is 0.748 e. The van der Waals surface area contributed by atoms with Crippen molar-refractivity contribution in [1.29, 1.82) is 0 Å². The Kier molecular flexibility index (Phi) is 10.2. The van der Waals surface area contributed by atoms with Crippen LogP contribution in [-0.4, -0.2) is 84.4 Å². The summed E-state index contributed by atoms with van der Waals surface area (Å²) in [6.07, 6.45) is -7.72. The van der Waals surface area contributed by atoms with Gasteiger partial charge in [-0.2, -0.15) is 0 Å². The maximum absolute atomic E-state index is 10.7. The minimum absolute atomic E-state index is 0. The molecule has 0 unspecified atom stereocenters. The van der Waals surface area contributed by atoms with Crippen molar-refractivity contribution in [2.24, 2.45) is 0 Å². The van der Waals surface area contributed by atoms with Gasteiger partial charge in [0.25, 0.3) is 6.47 Å². The average Bonchev–Trinajstić information content (AvgIpc) is 2.39. The predicted molar refractivity (Wildman–Crippen MR) is 63.8 cm³/mol. The van der Waals surface area contributed by atoms with Crippen LogP contribution in [0.4, 0.5) is 0 Å². The number of hydrogen-bond donors (Lipinski definition) is 3. The molecule has 0 aromatic carbocycles. The molecule has 0 bridgehead atoms. The Bertz CT molecular complexity index is 429. The predicted octanol–water partition coefficient (Wildman–Crippen LogP) is -6.08. The second kappa shape index (κ2) is 10.1. The summed E-state index contributed by atoms with van der Waals surface area (Å²) in [7, 11) is -4.70. The Morgan fingerprint density at radius 3 is 2.32 bits per heavy atom. The molecule has 12 heteroatoms. The summed E-state index contributed by atoms with van der Waals surface area (Å²) < 4.78 is 46.5. The molecule has 1 rings (SSSR count). The zero-order chi connectivity index (χ0) is 16.0. The van der Waals surface area contributed by atoms with Crippen molar-refractivity contribution in [2.45, 2.75) is 37.1 Å². The molecular formula is C10H17NaO10S. The number of aliphatic hydroxyl groups is 3. The van der Waals surface area contributed by atoms with E-state index in [4.69, 9.17) is 9.47 Å². The number of aliphatic hydroxyl groups excluding tert-OH is 3. The molecule has 124 valence electrons. The fraction of sp³-hybridized carbons (Fsp3) is 0.900. The van der Waals surface area contributed by atoms with Gasteiger partial charge >= 0.3 is 29.6 Å². The van der Waals surface area contributed by atoms with Crippen LogP contribution in [0.25, 0.3) is 0 Å². The van der Waals surface area contributed by atoms with E-state index in [0.717, 1.165) is 0 Å². The molecule has 0 saturated carbocycles. The first-order valence-corrected chi connectivity index (χ1v) is 7.64. The first kappa shape index (κ1) is 22.2. The van der Waals surface area contributed by atoms with Crippen LogP contribution in [0.2, 0.25) is 0 Å². The van der Waals surface area contributed by atoms with E-state index in [2.05, 4.69) is 4.74 Å². The van der Waals surface area contributed by atoms with Gasteiger partial charge in [-0.15, -0.1) is 0 Å². The molecule has 1 saturated heterocycles. The van der Waals surface area contributed by atoms with Gasteiger partial charge in [0.2, 0.25) is 0 Å². The molecule has 5 atom stereocenters. The molecule has 0 aromatic rings. The van der Waals surface area contributed by atoms with Gasteiger partial charge in [0.1, 0.15) is 24.4 Å². The Labute approximate surface area is 149 Å². The van der Waals surface area contributed by atoms with Crippen LogP contribution in [-0.2, 0) is 29.1 Å². The minimum Gasteiger partial charge on any atom is -0.748 e. The van der Waals surface area contributed by atoms with Crippen LogP contribution in [0.5, 0.6) is 0 Å². The van der Waals surface area contributed by atoms with Gasteiger partial charge in [0, 0.05) is 6.42 Å². The molecular weight excluding hydrogens is 335 g/mol. The fourth-order valence-electron chi connectivity index (χ4n) is 1.78. The molecule has 1 heterocycles. The summed E-state index contributed by atoms with van der Waals surface area (Å²) in [5.41, 5.74) is 0. The summed E-state index contributed by atoms with van der Waals surface area (Å²) >= 11 is 0. The Hall–Kier alpha value is 0.180. The third kappa shape index (κ3) is 7.17. The number of carbonyl (C=O) groups excluding carboxylic acids is 1. The fourth-order valence-corrected chi connectivity index (χ4v) is 2.46. The molecule has 1 aliphatic rings. The molecule has 0 radical (unpaired) electrons. The quantitative estimate of drug-likeness (QED) is 0.166. The van der Waals surface area contributed by atoms with E-state index in [-0.39, 0.29) is 55.7 Å². The minimum atomic E-state index is -4.70. The first-order chi connectivity index (χ1) is 9.76. The Morgan fingerprint density at radius 2 is 1.77 bits per heavy atom. The molecule has 10 nitrogen and oxygen atoms in total. The van der Waals surface area contributed by atoms with E-state index < -0.39 is 46.6 Å². The van der Waals surface area contributed by atoms with Gasteiger partial charge in [-0.1, -0.05) is 0 Å². The van der Waals surface area contributed by atoms with E-state index >= 15 is 0 Å². The normalized spacial score (nSPS) is 32.1. The van der Waals surface area contributed by atoms with Crippen molar-refractivity contribution in [3.63, 3.8) is 0 Å². The monoisotopic (exact) mass is 352 g/mol. The van der Waals surface area contributed by atoms with Crippen LogP contribution in [0.15, 0.2) is 0 Å². The molecule has 22 heavy (non-hydrogen) atoms. The molecule has 0 amide bonds. The van der Waals surface area contributed by atoms with Crippen LogP contribution >= 0.6 is 0 Å². The molecule has 1 fully saturated rings. The van der Waals surface area contributed by atoms with E-state index in [9.17, 15) is 33.1 Å². The van der Waals surface area contributed by atoms with Crippen LogP contribution in [0, 0.1) is 0 Å². The largest absolute Gasteiger partial charge is 1.00 e. The molecule has 3 N–H and O–H groups in total. The topological polar surface area (TPSA) is 163 Å². The standard InChI is InChI=1S/C10H18O10S.Na/c11-5-18-2-1-3-19-10-9(14)8(13)7(12)6(20-10)4-21(15,16)17;/h5-10,12-14H,1-4H2,(H,15,16,17);/q;+1/p-1/t6-,7-,8+,9-,10+;/m1./s1. The van der Waals surface area contributed by atoms with Crippen molar-refractivity contribution in [2.75, 3.05) is 19.0 Å². The second-order valence-corrected chi connectivity index (χ2v) is 5.88. The maximum Gasteiger partial charge on any atom is 1.00 e. The maximum atomic E-state index is 10.7.